The molecule has 0 aromatic carbocycles. The van der Waals surface area contributed by atoms with Gasteiger partial charge in [0.05, 0.1) is 0 Å². The van der Waals surface area contributed by atoms with Crippen LogP contribution in [0.2, 0.25) is 0 Å². The summed E-state index contributed by atoms with van der Waals surface area (Å²) >= 11 is -5.38. The van der Waals surface area contributed by atoms with Gasteiger partial charge < -0.3 is 0 Å². The normalized spacial score (nSPS) is 13.5. The van der Waals surface area contributed by atoms with Crippen LogP contribution in [0, 0.1) is 0 Å². The fourth-order valence-corrected chi connectivity index (χ4v) is 5.60. The first-order valence-electron chi connectivity index (χ1n) is 5.26. The second-order valence-electron chi connectivity index (χ2n) is 3.69. The zero-order valence-corrected chi connectivity index (χ0v) is 13.9. The van der Waals surface area contributed by atoms with Crippen molar-refractivity contribution in [1.82, 2.24) is 0 Å². The first-order chi connectivity index (χ1) is 8.18. The van der Waals surface area contributed by atoms with E-state index in [0.29, 0.717) is 0 Å². The van der Waals surface area contributed by atoms with Crippen molar-refractivity contribution in [3.63, 3.8) is 0 Å². The van der Waals surface area contributed by atoms with Gasteiger partial charge in [-0.15, -0.1) is 0 Å². The van der Waals surface area contributed by atoms with Crippen molar-refractivity contribution in [3.05, 3.63) is 0 Å². The molecule has 0 amide bonds. The predicted molar refractivity (Wildman–Crippen MR) is 61.9 cm³/mol. The number of rotatable bonds is 5. The van der Waals surface area contributed by atoms with Crippen LogP contribution in [-0.2, 0) is 44.1 Å². The molecule has 1 N–H and O–H groups in total. The molecule has 0 saturated heterocycles. The monoisotopic (exact) mass is 362 g/mol. The van der Waals surface area contributed by atoms with Crippen LogP contribution in [0.4, 0.5) is 0 Å². The van der Waals surface area contributed by atoms with Crippen LogP contribution in [0.1, 0.15) is 34.1 Å². The fourth-order valence-electron chi connectivity index (χ4n) is 1.24. The Morgan fingerprint density at radius 3 is 1.21 bits per heavy atom. The van der Waals surface area contributed by atoms with Crippen LogP contribution in [0.25, 0.3) is 0 Å². The molecule has 0 aromatic rings. The van der Waals surface area contributed by atoms with Crippen molar-refractivity contribution in [2.45, 2.75) is 38.2 Å². The van der Waals surface area contributed by atoms with Gasteiger partial charge in [0.1, 0.15) is 0 Å². The third-order valence-electron chi connectivity index (χ3n) is 2.72. The van der Waals surface area contributed by atoms with Gasteiger partial charge >= 0.3 is 28.7 Å². The number of sulfone groups is 2. The van der Waals surface area contributed by atoms with E-state index in [9.17, 15) is 16.8 Å². The summed E-state index contributed by atoms with van der Waals surface area (Å²) in [5.41, 5.74) is 0. The SMILES string of the molecule is CCC(C)(S(=O)(=O)CC)S(=O)(=O)CC.[O]=[Mn](=[O])(=[O])[OH]. The van der Waals surface area contributed by atoms with Gasteiger partial charge in [-0.2, -0.15) is 0 Å². The molecule has 0 saturated carbocycles. The van der Waals surface area contributed by atoms with Crippen LogP contribution in [0.5, 0.6) is 0 Å². The zero-order chi connectivity index (χ0) is 16.1. The van der Waals surface area contributed by atoms with E-state index < -0.39 is 36.7 Å². The first-order valence-corrected chi connectivity index (χ1v) is 10.5. The summed E-state index contributed by atoms with van der Waals surface area (Å²) < 4.78 is 78.2. The van der Waals surface area contributed by atoms with E-state index in [-0.39, 0.29) is 17.9 Å². The molecule has 0 aliphatic heterocycles. The van der Waals surface area contributed by atoms with Crippen LogP contribution >= 0.6 is 0 Å². The summed E-state index contributed by atoms with van der Waals surface area (Å²) in [6, 6.07) is 0. The number of hydrogen-bond donors (Lipinski definition) is 1. The van der Waals surface area contributed by atoms with E-state index in [1.165, 1.54) is 20.8 Å². The molecule has 0 aliphatic carbocycles. The van der Waals surface area contributed by atoms with Crippen molar-refractivity contribution in [2.24, 2.45) is 0 Å². The summed E-state index contributed by atoms with van der Waals surface area (Å²) in [5.74, 6) is -0.285. The van der Waals surface area contributed by atoms with Crippen LogP contribution in [0.3, 0.4) is 0 Å². The standard InChI is InChI=1S/C8H18O4S2.Mn.H2O.3O/c1-5-8(4,13(9,10)6-2)14(11,12)7-3;;;;;/h5-7H2,1-4H3;;1H2;;;/q;+1;;;;/p-1. The van der Waals surface area contributed by atoms with Crippen molar-refractivity contribution in [2.75, 3.05) is 11.5 Å². The predicted octanol–water partition coefficient (Wildman–Crippen LogP) is 0.0661. The Hall–Kier alpha value is -0.221. The van der Waals surface area contributed by atoms with E-state index in [2.05, 4.69) is 0 Å². The Bertz CT molecular complexity index is 588. The maximum absolute atomic E-state index is 11.7. The maximum atomic E-state index is 11.7. The van der Waals surface area contributed by atoms with Gasteiger partial charge in [-0.1, -0.05) is 20.8 Å². The molecule has 0 unspecified atom stereocenters. The van der Waals surface area contributed by atoms with Crippen molar-refractivity contribution >= 4 is 19.7 Å². The van der Waals surface area contributed by atoms with Crippen LogP contribution in [-0.4, -0.2) is 36.6 Å². The Morgan fingerprint density at radius 1 is 0.895 bits per heavy atom. The van der Waals surface area contributed by atoms with E-state index in [1.54, 1.807) is 6.92 Å². The molecule has 0 bridgehead atoms. The third-order valence-corrected chi connectivity index (χ3v) is 8.97. The van der Waals surface area contributed by atoms with Crippen LogP contribution < -0.4 is 0 Å². The minimum absolute atomic E-state index is 0.0966. The summed E-state index contributed by atoms with van der Waals surface area (Å²) in [7, 11) is -7.14. The Balaban J connectivity index is 0. The summed E-state index contributed by atoms with van der Waals surface area (Å²) in [6.07, 6.45) is 0.0966. The molecule has 118 valence electrons. The zero-order valence-electron chi connectivity index (χ0n) is 11.1. The van der Waals surface area contributed by atoms with Gasteiger partial charge in [-0.05, 0) is 13.3 Å². The summed E-state index contributed by atoms with van der Waals surface area (Å²) in [4.78, 5) is 0. The third kappa shape index (κ3) is 6.17. The van der Waals surface area contributed by atoms with E-state index in [4.69, 9.17) is 15.7 Å². The summed E-state index contributed by atoms with van der Waals surface area (Å²) in [6.45, 7) is 5.81. The molecule has 0 rings (SSSR count). The molecular weight excluding hydrogens is 343 g/mol. The van der Waals surface area contributed by atoms with Gasteiger partial charge in [0, 0.05) is 11.5 Å². The molecule has 11 heteroatoms. The van der Waals surface area contributed by atoms with Gasteiger partial charge in [0.25, 0.3) is 0 Å². The average molecular weight is 362 g/mol. The molecule has 0 fully saturated rings. The molecule has 0 heterocycles. The van der Waals surface area contributed by atoms with Crippen molar-refractivity contribution in [1.29, 1.82) is 0 Å². The van der Waals surface area contributed by atoms with E-state index in [1.807, 2.05) is 0 Å². The molecular formula is C8H19MnO8S2. The molecule has 0 aromatic heterocycles. The van der Waals surface area contributed by atoms with E-state index >= 15 is 0 Å². The van der Waals surface area contributed by atoms with Gasteiger partial charge in [-0.3, -0.25) is 0 Å². The second kappa shape index (κ2) is 6.98. The minimum atomic E-state index is -5.38. The van der Waals surface area contributed by atoms with Gasteiger partial charge in [0.15, 0.2) is 23.8 Å². The van der Waals surface area contributed by atoms with E-state index in [0.717, 1.165) is 0 Å². The summed E-state index contributed by atoms with van der Waals surface area (Å²) in [5, 5.41) is 0. The average Bonchev–Trinajstić information content (AvgIpc) is 2.25. The molecule has 0 spiro atoms. The van der Waals surface area contributed by atoms with Crippen molar-refractivity contribution < 1.29 is 45.5 Å². The molecule has 0 aliphatic rings. The van der Waals surface area contributed by atoms with Crippen LogP contribution in [0.15, 0.2) is 0 Å². The molecule has 8 nitrogen and oxygen atoms in total. The molecule has 0 radical (unpaired) electrons. The second-order valence-corrected chi connectivity index (χ2v) is 10.6. The van der Waals surface area contributed by atoms with Crippen molar-refractivity contribution in [3.8, 4) is 0 Å². The Morgan fingerprint density at radius 2 is 1.11 bits per heavy atom. The quantitative estimate of drug-likeness (QED) is 0.677. The Labute approximate surface area is 115 Å². The topological polar surface area (TPSA) is 140 Å². The van der Waals surface area contributed by atoms with Gasteiger partial charge in [0.2, 0.25) is 0 Å². The molecule has 0 atom stereocenters. The number of hydrogen-bond acceptors (Lipinski definition) is 7. The first kappa shape index (κ1) is 21.1. The fraction of sp³-hybridized carbons (Fsp3) is 1.00. The van der Waals surface area contributed by atoms with Gasteiger partial charge in [-0.25, -0.2) is 16.8 Å². The molecule has 19 heavy (non-hydrogen) atoms. The Kier molecular flexibility index (Phi) is 7.75.